The molecular formula is C15H27ClN2O. The van der Waals surface area contributed by atoms with Crippen molar-refractivity contribution in [2.24, 2.45) is 35.3 Å². The number of carbonyl (C=O) groups is 1. The van der Waals surface area contributed by atoms with Crippen LogP contribution in [0.5, 0.6) is 0 Å². The highest BCUT2D eigenvalue weighted by atomic mass is 35.5. The Morgan fingerprint density at radius 3 is 2.11 bits per heavy atom. The van der Waals surface area contributed by atoms with E-state index < -0.39 is 0 Å². The van der Waals surface area contributed by atoms with Crippen LogP contribution < -0.4 is 11.1 Å². The van der Waals surface area contributed by atoms with Crippen LogP contribution >= 0.6 is 12.4 Å². The first-order chi connectivity index (χ1) is 8.78. The fourth-order valence-corrected chi connectivity index (χ4v) is 4.95. The molecule has 4 rings (SSSR count). The summed E-state index contributed by atoms with van der Waals surface area (Å²) in [5.41, 5.74) is 5.47. The van der Waals surface area contributed by atoms with Crippen molar-refractivity contribution in [1.82, 2.24) is 5.32 Å². The van der Waals surface area contributed by atoms with Crippen LogP contribution in [0.2, 0.25) is 0 Å². The highest BCUT2D eigenvalue weighted by molar-refractivity contribution is 5.85. The molecule has 4 fully saturated rings. The maximum absolute atomic E-state index is 12.4. The quantitative estimate of drug-likeness (QED) is 0.762. The summed E-state index contributed by atoms with van der Waals surface area (Å²) in [6.45, 7) is 1.55. The summed E-state index contributed by atoms with van der Waals surface area (Å²) in [5, 5.41) is 3.15. The van der Waals surface area contributed by atoms with Gasteiger partial charge in [0.2, 0.25) is 5.91 Å². The summed E-state index contributed by atoms with van der Waals surface area (Å²) in [7, 11) is 0. The van der Waals surface area contributed by atoms with Gasteiger partial charge in [-0.15, -0.1) is 12.4 Å². The molecule has 0 aromatic heterocycles. The zero-order chi connectivity index (χ0) is 12.5. The van der Waals surface area contributed by atoms with E-state index in [0.717, 1.165) is 37.8 Å². The third kappa shape index (κ3) is 3.08. The lowest BCUT2D eigenvalue weighted by Gasteiger charge is -2.53. The van der Waals surface area contributed by atoms with E-state index in [1.165, 1.54) is 32.1 Å². The van der Waals surface area contributed by atoms with Crippen LogP contribution in [0.1, 0.15) is 44.9 Å². The largest absolute Gasteiger partial charge is 0.356 e. The molecular weight excluding hydrogens is 260 g/mol. The van der Waals surface area contributed by atoms with Gasteiger partial charge in [0.1, 0.15) is 0 Å². The second kappa shape index (κ2) is 6.45. The van der Waals surface area contributed by atoms with E-state index in [2.05, 4.69) is 5.32 Å². The standard InChI is InChI=1S/C15H26N2O.ClH/c16-3-1-2-4-17-15(18)14-12-6-10-5-11(8-12)9-13(14)7-10;/h10-14H,1-9,16H2,(H,17,18);1H. The predicted octanol–water partition coefficient (Wildman–Crippen LogP) is 2.34. The number of amides is 1. The van der Waals surface area contributed by atoms with Crippen LogP contribution in [-0.2, 0) is 4.79 Å². The Balaban J connectivity index is 0.00000133. The Hall–Kier alpha value is -0.280. The Morgan fingerprint density at radius 2 is 1.58 bits per heavy atom. The number of unbranched alkanes of at least 4 members (excludes halogenated alkanes) is 1. The molecule has 4 saturated carbocycles. The van der Waals surface area contributed by atoms with Gasteiger partial charge in [0.05, 0.1) is 0 Å². The molecule has 0 radical (unpaired) electrons. The van der Waals surface area contributed by atoms with E-state index in [4.69, 9.17) is 5.73 Å². The number of nitrogens with one attached hydrogen (secondary N) is 1. The minimum atomic E-state index is 0. The molecule has 4 heteroatoms. The van der Waals surface area contributed by atoms with Gasteiger partial charge in [-0.2, -0.15) is 0 Å². The Labute approximate surface area is 122 Å². The Bertz CT molecular complexity index is 293. The van der Waals surface area contributed by atoms with Gasteiger partial charge in [-0.25, -0.2) is 0 Å². The lowest BCUT2D eigenvalue weighted by molar-refractivity contribution is -0.138. The first-order valence-corrected chi connectivity index (χ1v) is 7.75. The van der Waals surface area contributed by atoms with Crippen molar-refractivity contribution in [2.45, 2.75) is 44.9 Å². The summed E-state index contributed by atoms with van der Waals surface area (Å²) >= 11 is 0. The van der Waals surface area contributed by atoms with Crippen molar-refractivity contribution < 1.29 is 4.79 Å². The molecule has 0 spiro atoms. The van der Waals surface area contributed by atoms with E-state index in [1.54, 1.807) is 0 Å². The van der Waals surface area contributed by atoms with Gasteiger partial charge in [0.25, 0.3) is 0 Å². The van der Waals surface area contributed by atoms with Crippen LogP contribution in [0.25, 0.3) is 0 Å². The Kier molecular flexibility index (Phi) is 5.13. The van der Waals surface area contributed by atoms with Crippen molar-refractivity contribution in [3.05, 3.63) is 0 Å². The van der Waals surface area contributed by atoms with Crippen LogP contribution in [0.3, 0.4) is 0 Å². The highest BCUT2D eigenvalue weighted by Crippen LogP contribution is 2.56. The average Bonchev–Trinajstić information content (AvgIpc) is 2.33. The zero-order valence-corrected chi connectivity index (χ0v) is 12.5. The van der Waals surface area contributed by atoms with Crippen LogP contribution in [0.15, 0.2) is 0 Å². The zero-order valence-electron chi connectivity index (χ0n) is 11.6. The van der Waals surface area contributed by atoms with Gasteiger partial charge < -0.3 is 11.1 Å². The second-order valence-electron chi connectivity index (χ2n) is 6.74. The number of rotatable bonds is 5. The first kappa shape index (κ1) is 15.1. The molecule has 0 atom stereocenters. The van der Waals surface area contributed by atoms with E-state index in [0.29, 0.717) is 23.7 Å². The minimum absolute atomic E-state index is 0. The van der Waals surface area contributed by atoms with E-state index in [-0.39, 0.29) is 12.4 Å². The molecule has 3 nitrogen and oxygen atoms in total. The van der Waals surface area contributed by atoms with Gasteiger partial charge in [0.15, 0.2) is 0 Å². The molecule has 1 amide bonds. The summed E-state index contributed by atoms with van der Waals surface area (Å²) < 4.78 is 0. The van der Waals surface area contributed by atoms with E-state index in [1.807, 2.05) is 0 Å². The van der Waals surface area contributed by atoms with Gasteiger partial charge in [-0.05, 0) is 75.2 Å². The van der Waals surface area contributed by atoms with Crippen LogP contribution in [-0.4, -0.2) is 19.0 Å². The van der Waals surface area contributed by atoms with Gasteiger partial charge in [0, 0.05) is 12.5 Å². The van der Waals surface area contributed by atoms with Crippen molar-refractivity contribution in [3.63, 3.8) is 0 Å². The van der Waals surface area contributed by atoms with Crippen molar-refractivity contribution >= 4 is 18.3 Å². The molecule has 0 heterocycles. The number of hydrogen-bond acceptors (Lipinski definition) is 2. The fourth-order valence-electron chi connectivity index (χ4n) is 4.95. The van der Waals surface area contributed by atoms with Crippen LogP contribution in [0.4, 0.5) is 0 Å². The summed E-state index contributed by atoms with van der Waals surface area (Å²) in [4.78, 5) is 12.4. The van der Waals surface area contributed by atoms with Gasteiger partial charge >= 0.3 is 0 Å². The predicted molar refractivity (Wildman–Crippen MR) is 79.1 cm³/mol. The normalized spacial score (nSPS) is 38.9. The molecule has 110 valence electrons. The molecule has 3 N–H and O–H groups in total. The van der Waals surface area contributed by atoms with Gasteiger partial charge in [-0.1, -0.05) is 0 Å². The van der Waals surface area contributed by atoms with Crippen molar-refractivity contribution in [2.75, 3.05) is 13.1 Å². The minimum Gasteiger partial charge on any atom is -0.356 e. The molecule has 0 unspecified atom stereocenters. The maximum Gasteiger partial charge on any atom is 0.223 e. The summed E-state index contributed by atoms with van der Waals surface area (Å²) in [6.07, 6.45) is 8.80. The average molecular weight is 287 g/mol. The number of halogens is 1. The third-order valence-electron chi connectivity index (χ3n) is 5.46. The maximum atomic E-state index is 12.4. The highest BCUT2D eigenvalue weighted by Gasteiger charge is 2.50. The molecule has 0 saturated heterocycles. The second-order valence-corrected chi connectivity index (χ2v) is 6.74. The molecule has 0 aliphatic heterocycles. The van der Waals surface area contributed by atoms with Gasteiger partial charge in [-0.3, -0.25) is 4.79 Å². The molecule has 0 aromatic rings. The third-order valence-corrected chi connectivity index (χ3v) is 5.46. The molecule has 4 aliphatic carbocycles. The monoisotopic (exact) mass is 286 g/mol. The molecule has 4 aliphatic rings. The Morgan fingerprint density at radius 1 is 1.00 bits per heavy atom. The topological polar surface area (TPSA) is 55.1 Å². The summed E-state index contributed by atoms with van der Waals surface area (Å²) in [5.74, 6) is 4.01. The van der Waals surface area contributed by atoms with E-state index in [9.17, 15) is 4.79 Å². The molecule has 4 bridgehead atoms. The number of carbonyl (C=O) groups excluding carboxylic acids is 1. The fraction of sp³-hybridized carbons (Fsp3) is 0.933. The van der Waals surface area contributed by atoms with E-state index >= 15 is 0 Å². The lowest BCUT2D eigenvalue weighted by Crippen LogP contribution is -2.51. The SMILES string of the molecule is Cl.NCCCCNC(=O)C1C2CC3CC(C2)CC1C3. The van der Waals surface area contributed by atoms with Crippen molar-refractivity contribution in [1.29, 1.82) is 0 Å². The lowest BCUT2D eigenvalue weighted by atomic mass is 9.51. The molecule has 0 aromatic carbocycles. The van der Waals surface area contributed by atoms with Crippen molar-refractivity contribution in [3.8, 4) is 0 Å². The number of hydrogen-bond donors (Lipinski definition) is 2. The number of nitrogens with two attached hydrogens (primary N) is 1. The first-order valence-electron chi connectivity index (χ1n) is 7.75. The smallest absolute Gasteiger partial charge is 0.223 e. The molecule has 19 heavy (non-hydrogen) atoms. The van der Waals surface area contributed by atoms with Crippen LogP contribution in [0, 0.1) is 29.6 Å². The summed E-state index contributed by atoms with van der Waals surface area (Å²) in [6, 6.07) is 0.